The van der Waals surface area contributed by atoms with Crippen LogP contribution in [-0.4, -0.2) is 39.2 Å². The third-order valence-electron chi connectivity index (χ3n) is 2.89. The van der Waals surface area contributed by atoms with Gasteiger partial charge in [-0.3, -0.25) is 14.3 Å². The SMILES string of the molecule is CCCC(=O)NCC(=O)Nc1cnn(C(C)(C)C(=O)O)c1. The zero-order chi connectivity index (χ0) is 16.0. The number of hydrogen-bond acceptors (Lipinski definition) is 4. The minimum Gasteiger partial charge on any atom is -0.479 e. The van der Waals surface area contributed by atoms with Gasteiger partial charge in [-0.15, -0.1) is 0 Å². The van der Waals surface area contributed by atoms with Crippen LogP contribution in [0.25, 0.3) is 0 Å². The van der Waals surface area contributed by atoms with Gasteiger partial charge in [0, 0.05) is 12.6 Å². The van der Waals surface area contributed by atoms with Gasteiger partial charge in [-0.2, -0.15) is 5.10 Å². The van der Waals surface area contributed by atoms with E-state index in [9.17, 15) is 14.4 Å². The molecule has 0 saturated carbocycles. The van der Waals surface area contributed by atoms with E-state index in [1.807, 2.05) is 6.92 Å². The van der Waals surface area contributed by atoms with E-state index < -0.39 is 17.4 Å². The van der Waals surface area contributed by atoms with E-state index in [1.54, 1.807) is 0 Å². The molecule has 3 N–H and O–H groups in total. The Morgan fingerprint density at radius 1 is 1.33 bits per heavy atom. The Morgan fingerprint density at radius 3 is 2.57 bits per heavy atom. The van der Waals surface area contributed by atoms with Gasteiger partial charge in [-0.05, 0) is 20.3 Å². The molecule has 0 atom stereocenters. The van der Waals surface area contributed by atoms with Gasteiger partial charge >= 0.3 is 5.97 Å². The highest BCUT2D eigenvalue weighted by atomic mass is 16.4. The lowest BCUT2D eigenvalue weighted by Gasteiger charge is -2.19. The molecule has 2 amide bonds. The number of carbonyl (C=O) groups excluding carboxylic acids is 2. The number of nitrogens with zero attached hydrogens (tertiary/aromatic N) is 2. The van der Waals surface area contributed by atoms with E-state index in [2.05, 4.69) is 15.7 Å². The summed E-state index contributed by atoms with van der Waals surface area (Å²) in [6, 6.07) is 0. The Morgan fingerprint density at radius 2 is 2.00 bits per heavy atom. The molecule has 1 rings (SSSR count). The lowest BCUT2D eigenvalue weighted by molar-refractivity contribution is -0.146. The number of amides is 2. The van der Waals surface area contributed by atoms with Gasteiger partial charge in [0.25, 0.3) is 0 Å². The summed E-state index contributed by atoms with van der Waals surface area (Å²) in [5.74, 6) is -1.61. The first-order chi connectivity index (χ1) is 9.77. The molecule has 0 aliphatic rings. The van der Waals surface area contributed by atoms with Crippen molar-refractivity contribution >= 4 is 23.5 Å². The van der Waals surface area contributed by atoms with Crippen LogP contribution in [0.4, 0.5) is 5.69 Å². The van der Waals surface area contributed by atoms with Crippen LogP contribution in [0.3, 0.4) is 0 Å². The predicted molar refractivity (Wildman–Crippen MR) is 75.7 cm³/mol. The van der Waals surface area contributed by atoms with Crippen LogP contribution >= 0.6 is 0 Å². The van der Waals surface area contributed by atoms with Gasteiger partial charge in [0.1, 0.15) is 0 Å². The minimum atomic E-state index is -1.21. The topological polar surface area (TPSA) is 113 Å². The predicted octanol–water partition coefficient (Wildman–Crippen LogP) is 0.558. The van der Waals surface area contributed by atoms with Gasteiger partial charge in [-0.1, -0.05) is 6.92 Å². The number of aromatic nitrogens is 2. The molecule has 0 unspecified atom stereocenters. The summed E-state index contributed by atoms with van der Waals surface area (Å²) in [5, 5.41) is 18.0. The number of carboxylic acids is 1. The Hall–Kier alpha value is -2.38. The molecule has 0 radical (unpaired) electrons. The molecule has 0 fully saturated rings. The van der Waals surface area contributed by atoms with Crippen molar-refractivity contribution in [2.24, 2.45) is 0 Å². The fraction of sp³-hybridized carbons (Fsp3) is 0.538. The van der Waals surface area contributed by atoms with Crippen molar-refractivity contribution in [3.63, 3.8) is 0 Å². The Bertz CT molecular complexity index is 536. The highest BCUT2D eigenvalue weighted by Crippen LogP contribution is 2.17. The van der Waals surface area contributed by atoms with E-state index in [-0.39, 0.29) is 12.5 Å². The van der Waals surface area contributed by atoms with E-state index in [0.717, 1.165) is 0 Å². The summed E-state index contributed by atoms with van der Waals surface area (Å²) in [7, 11) is 0. The number of carboxylic acid groups (broad SMARTS) is 1. The molecule has 0 aliphatic carbocycles. The molecular formula is C13H20N4O4. The second kappa shape index (κ2) is 6.87. The molecule has 1 heterocycles. The van der Waals surface area contributed by atoms with E-state index in [0.29, 0.717) is 18.5 Å². The molecule has 0 aliphatic heterocycles. The monoisotopic (exact) mass is 296 g/mol. The molecule has 21 heavy (non-hydrogen) atoms. The largest absolute Gasteiger partial charge is 0.479 e. The van der Waals surface area contributed by atoms with Gasteiger partial charge in [0.15, 0.2) is 5.54 Å². The quantitative estimate of drug-likeness (QED) is 0.680. The summed E-state index contributed by atoms with van der Waals surface area (Å²) in [5.41, 5.74) is -0.836. The van der Waals surface area contributed by atoms with Gasteiger partial charge in [0.05, 0.1) is 18.4 Å². The lowest BCUT2D eigenvalue weighted by atomic mass is 10.1. The Kier molecular flexibility index (Phi) is 5.45. The van der Waals surface area contributed by atoms with Gasteiger partial charge in [-0.25, -0.2) is 4.79 Å². The molecular weight excluding hydrogens is 276 g/mol. The maximum Gasteiger partial charge on any atom is 0.331 e. The minimum absolute atomic E-state index is 0.133. The van der Waals surface area contributed by atoms with Crippen LogP contribution in [0, 0.1) is 0 Å². The van der Waals surface area contributed by atoms with E-state index in [4.69, 9.17) is 5.11 Å². The smallest absolute Gasteiger partial charge is 0.331 e. The third-order valence-corrected chi connectivity index (χ3v) is 2.89. The van der Waals surface area contributed by atoms with Crippen molar-refractivity contribution in [3.05, 3.63) is 12.4 Å². The van der Waals surface area contributed by atoms with Crippen molar-refractivity contribution in [1.82, 2.24) is 15.1 Å². The highest BCUT2D eigenvalue weighted by molar-refractivity contribution is 5.94. The molecule has 116 valence electrons. The Labute approximate surface area is 122 Å². The second-order valence-corrected chi connectivity index (χ2v) is 5.11. The molecule has 0 saturated heterocycles. The number of nitrogens with one attached hydrogen (secondary N) is 2. The zero-order valence-electron chi connectivity index (χ0n) is 12.3. The van der Waals surface area contributed by atoms with Crippen molar-refractivity contribution < 1.29 is 19.5 Å². The van der Waals surface area contributed by atoms with E-state index in [1.165, 1.54) is 30.9 Å². The van der Waals surface area contributed by atoms with Crippen molar-refractivity contribution in [2.45, 2.75) is 39.2 Å². The molecule has 1 aromatic heterocycles. The van der Waals surface area contributed by atoms with Crippen molar-refractivity contribution in [1.29, 1.82) is 0 Å². The van der Waals surface area contributed by atoms with Crippen LogP contribution < -0.4 is 10.6 Å². The molecule has 0 spiro atoms. The highest BCUT2D eigenvalue weighted by Gasteiger charge is 2.30. The number of rotatable bonds is 7. The summed E-state index contributed by atoms with van der Waals surface area (Å²) >= 11 is 0. The standard InChI is InChI=1S/C13H20N4O4/c1-4-5-10(18)14-7-11(19)16-9-6-15-17(8-9)13(2,3)12(20)21/h6,8H,4-5,7H2,1-3H3,(H,14,18)(H,16,19)(H,20,21). The Balaban J connectivity index is 2.57. The number of aliphatic carboxylic acids is 1. The summed E-state index contributed by atoms with van der Waals surface area (Å²) < 4.78 is 1.25. The summed E-state index contributed by atoms with van der Waals surface area (Å²) in [6.07, 6.45) is 3.87. The van der Waals surface area contributed by atoms with Crippen LogP contribution in [-0.2, 0) is 19.9 Å². The second-order valence-electron chi connectivity index (χ2n) is 5.11. The number of carbonyl (C=O) groups is 3. The van der Waals surface area contributed by atoms with Gasteiger partial charge in [0.2, 0.25) is 11.8 Å². The van der Waals surface area contributed by atoms with Crippen LogP contribution in [0.15, 0.2) is 12.4 Å². The molecule has 0 bridgehead atoms. The maximum absolute atomic E-state index is 11.6. The normalized spacial score (nSPS) is 11.0. The third kappa shape index (κ3) is 4.59. The van der Waals surface area contributed by atoms with Crippen molar-refractivity contribution in [2.75, 3.05) is 11.9 Å². The zero-order valence-corrected chi connectivity index (χ0v) is 12.3. The fourth-order valence-electron chi connectivity index (χ4n) is 1.49. The first kappa shape index (κ1) is 16.7. The van der Waals surface area contributed by atoms with Crippen LogP contribution in [0.1, 0.15) is 33.6 Å². The van der Waals surface area contributed by atoms with Crippen LogP contribution in [0.5, 0.6) is 0 Å². The summed E-state index contributed by atoms with van der Waals surface area (Å²) in [4.78, 5) is 34.0. The van der Waals surface area contributed by atoms with Crippen LogP contribution in [0.2, 0.25) is 0 Å². The first-order valence-electron chi connectivity index (χ1n) is 6.62. The molecule has 8 heteroatoms. The van der Waals surface area contributed by atoms with Gasteiger partial charge < -0.3 is 15.7 Å². The number of hydrogen-bond donors (Lipinski definition) is 3. The molecule has 8 nitrogen and oxygen atoms in total. The molecule has 0 aromatic carbocycles. The lowest BCUT2D eigenvalue weighted by Crippen LogP contribution is -2.36. The molecule has 1 aromatic rings. The van der Waals surface area contributed by atoms with E-state index >= 15 is 0 Å². The average molecular weight is 296 g/mol. The fourth-order valence-corrected chi connectivity index (χ4v) is 1.49. The maximum atomic E-state index is 11.6. The summed E-state index contributed by atoms with van der Waals surface area (Å²) in [6.45, 7) is 4.74. The first-order valence-corrected chi connectivity index (χ1v) is 6.62. The average Bonchev–Trinajstić information content (AvgIpc) is 2.85. The van der Waals surface area contributed by atoms with Crippen molar-refractivity contribution in [3.8, 4) is 0 Å². The number of anilines is 1.